The van der Waals surface area contributed by atoms with E-state index in [1.54, 1.807) is 6.07 Å². The largest absolute Gasteiger partial charge is 0.473 e. The molecule has 1 saturated heterocycles. The van der Waals surface area contributed by atoms with Crippen LogP contribution in [0.4, 0.5) is 27.8 Å². The summed E-state index contributed by atoms with van der Waals surface area (Å²) in [7, 11) is 0. The molecule has 3 heterocycles. The van der Waals surface area contributed by atoms with E-state index >= 15 is 0 Å². The molecule has 1 N–H and O–H groups in total. The van der Waals surface area contributed by atoms with E-state index in [0.29, 0.717) is 42.5 Å². The molecule has 164 valence electrons. The number of H-pyrrole nitrogens is 1. The maximum Gasteiger partial charge on any atom is 0.417 e. The normalized spacial score (nSPS) is 19.5. The second-order valence-corrected chi connectivity index (χ2v) is 7.55. The summed E-state index contributed by atoms with van der Waals surface area (Å²) in [4.78, 5) is 5.86. The Morgan fingerprint density at radius 1 is 1.10 bits per heavy atom. The molecule has 2 aromatic heterocycles. The number of anilines is 1. The molecular weight excluding hydrogens is 419 g/mol. The molecule has 4 rings (SSSR count). The number of nitrogens with one attached hydrogen (secondary N) is 1. The number of aromatic amines is 1. The molecule has 10 heteroatoms. The Labute approximate surface area is 174 Å². The highest BCUT2D eigenvalue weighted by atomic mass is 19.4. The zero-order chi connectivity index (χ0) is 22.2. The van der Waals surface area contributed by atoms with E-state index in [1.807, 2.05) is 11.8 Å². The van der Waals surface area contributed by atoms with E-state index in [-0.39, 0.29) is 12.0 Å². The number of halogens is 5. The van der Waals surface area contributed by atoms with Gasteiger partial charge in [-0.2, -0.15) is 13.2 Å². The van der Waals surface area contributed by atoms with Gasteiger partial charge in [0.05, 0.1) is 11.3 Å². The lowest BCUT2D eigenvalue weighted by atomic mass is 9.96. The van der Waals surface area contributed by atoms with Gasteiger partial charge in [-0.1, -0.05) is 6.92 Å². The van der Waals surface area contributed by atoms with Crippen molar-refractivity contribution in [1.29, 1.82) is 0 Å². The lowest BCUT2D eigenvalue weighted by Gasteiger charge is -2.37. The highest BCUT2D eigenvalue weighted by Gasteiger charge is 2.32. The number of aromatic nitrogens is 3. The smallest absolute Gasteiger partial charge is 0.417 e. The van der Waals surface area contributed by atoms with Crippen molar-refractivity contribution in [2.24, 2.45) is 5.92 Å². The Morgan fingerprint density at radius 3 is 2.45 bits per heavy atom. The van der Waals surface area contributed by atoms with Crippen molar-refractivity contribution in [2.45, 2.75) is 25.6 Å². The second-order valence-electron chi connectivity index (χ2n) is 7.55. The van der Waals surface area contributed by atoms with E-state index in [2.05, 4.69) is 15.2 Å². The molecular formula is C21H19F5N4O. The zero-order valence-electron chi connectivity index (χ0n) is 16.5. The van der Waals surface area contributed by atoms with Gasteiger partial charge in [-0.15, -0.1) is 5.10 Å². The van der Waals surface area contributed by atoms with Crippen LogP contribution >= 0.6 is 0 Å². The zero-order valence-corrected chi connectivity index (χ0v) is 16.5. The third-order valence-electron chi connectivity index (χ3n) is 5.23. The standard InChI is InChI=1S/C21H19F5N4O/c1-12-11-30(19-3-2-14(10-27-19)21(24,25)26)5-4-18(12)31-20-9-17(28-29-20)13-6-15(22)8-16(23)7-13/h2-3,6-10,12,18H,4-5,11H2,1H3,(H,28,29)/t12?,18-/m1/s1. The summed E-state index contributed by atoms with van der Waals surface area (Å²) in [5, 5.41) is 6.78. The summed E-state index contributed by atoms with van der Waals surface area (Å²) in [6, 6.07) is 7.14. The fourth-order valence-corrected chi connectivity index (χ4v) is 3.62. The maximum atomic E-state index is 13.4. The van der Waals surface area contributed by atoms with Crippen LogP contribution in [0.15, 0.2) is 42.6 Å². The summed E-state index contributed by atoms with van der Waals surface area (Å²) >= 11 is 0. The summed E-state index contributed by atoms with van der Waals surface area (Å²) in [6.45, 7) is 3.08. The van der Waals surface area contributed by atoms with Crippen molar-refractivity contribution in [2.75, 3.05) is 18.0 Å². The summed E-state index contributed by atoms with van der Waals surface area (Å²) in [6.07, 6.45) is -3.14. The minimum atomic E-state index is -4.42. The first kappa shape index (κ1) is 21.1. The molecule has 2 atom stereocenters. The molecule has 0 bridgehead atoms. The van der Waals surface area contributed by atoms with Crippen molar-refractivity contribution in [3.63, 3.8) is 0 Å². The van der Waals surface area contributed by atoms with E-state index in [4.69, 9.17) is 4.74 Å². The molecule has 0 radical (unpaired) electrons. The molecule has 3 aromatic rings. The van der Waals surface area contributed by atoms with E-state index in [0.717, 1.165) is 18.3 Å². The lowest BCUT2D eigenvalue weighted by molar-refractivity contribution is -0.137. The van der Waals surface area contributed by atoms with E-state index in [9.17, 15) is 22.0 Å². The predicted molar refractivity (Wildman–Crippen MR) is 104 cm³/mol. The second kappa shape index (κ2) is 8.16. The number of piperidine rings is 1. The van der Waals surface area contributed by atoms with Crippen LogP contribution in [-0.4, -0.2) is 34.4 Å². The fourth-order valence-electron chi connectivity index (χ4n) is 3.62. The number of hydrogen-bond acceptors (Lipinski definition) is 4. The summed E-state index contributed by atoms with van der Waals surface area (Å²) in [5.74, 6) is -0.550. The molecule has 0 amide bonds. The SMILES string of the molecule is CC1CN(c2ccc(C(F)(F)F)cn2)CC[C@H]1Oc1cc(-c2cc(F)cc(F)c2)[nH]n1. The molecule has 5 nitrogen and oxygen atoms in total. The van der Waals surface area contributed by atoms with Crippen LogP contribution in [0.1, 0.15) is 18.9 Å². The van der Waals surface area contributed by atoms with Crippen LogP contribution in [0.25, 0.3) is 11.3 Å². The van der Waals surface area contributed by atoms with Crippen molar-refractivity contribution >= 4 is 5.82 Å². The molecule has 0 spiro atoms. The van der Waals surface area contributed by atoms with Crippen LogP contribution in [0.5, 0.6) is 5.88 Å². The van der Waals surface area contributed by atoms with Gasteiger partial charge < -0.3 is 9.64 Å². The van der Waals surface area contributed by atoms with Crippen LogP contribution in [-0.2, 0) is 6.18 Å². The van der Waals surface area contributed by atoms with Gasteiger partial charge in [0.2, 0.25) is 5.88 Å². The summed E-state index contributed by atoms with van der Waals surface area (Å²) < 4.78 is 71.0. The first-order valence-electron chi connectivity index (χ1n) is 9.66. The van der Waals surface area contributed by atoms with Crippen molar-refractivity contribution in [3.8, 4) is 17.1 Å². The molecule has 1 fully saturated rings. The number of nitrogens with zero attached hydrogens (tertiary/aromatic N) is 3. The molecule has 1 aliphatic heterocycles. The van der Waals surface area contributed by atoms with Crippen LogP contribution in [0.3, 0.4) is 0 Å². The van der Waals surface area contributed by atoms with Gasteiger partial charge in [-0.25, -0.2) is 13.8 Å². The van der Waals surface area contributed by atoms with Crippen molar-refractivity contribution in [3.05, 3.63) is 59.8 Å². The number of pyridine rings is 1. The average molecular weight is 438 g/mol. The number of ether oxygens (including phenoxy) is 1. The quantitative estimate of drug-likeness (QED) is 0.579. The van der Waals surface area contributed by atoms with Crippen molar-refractivity contribution < 1.29 is 26.7 Å². The lowest BCUT2D eigenvalue weighted by Crippen LogP contribution is -2.44. The third-order valence-corrected chi connectivity index (χ3v) is 5.23. The number of alkyl halides is 3. The first-order chi connectivity index (χ1) is 14.7. The van der Waals surface area contributed by atoms with Crippen LogP contribution in [0, 0.1) is 17.6 Å². The molecule has 1 unspecified atom stereocenters. The van der Waals surface area contributed by atoms with Crippen LogP contribution < -0.4 is 9.64 Å². The summed E-state index contributed by atoms with van der Waals surface area (Å²) in [5.41, 5.74) is -0.0430. The Morgan fingerprint density at radius 2 is 1.84 bits per heavy atom. The Hall–Kier alpha value is -3.17. The van der Waals surface area contributed by atoms with Gasteiger partial charge in [0.15, 0.2) is 0 Å². The first-order valence-corrected chi connectivity index (χ1v) is 9.66. The van der Waals surface area contributed by atoms with Crippen molar-refractivity contribution in [1.82, 2.24) is 15.2 Å². The number of hydrogen-bond donors (Lipinski definition) is 1. The number of benzene rings is 1. The fraction of sp³-hybridized carbons (Fsp3) is 0.333. The molecule has 1 aromatic carbocycles. The van der Waals surface area contributed by atoms with Gasteiger partial charge in [0.1, 0.15) is 23.6 Å². The molecule has 0 saturated carbocycles. The van der Waals surface area contributed by atoms with E-state index < -0.39 is 23.4 Å². The third kappa shape index (κ3) is 4.78. The minimum Gasteiger partial charge on any atom is -0.473 e. The van der Waals surface area contributed by atoms with E-state index in [1.165, 1.54) is 18.2 Å². The van der Waals surface area contributed by atoms with Gasteiger partial charge >= 0.3 is 6.18 Å². The van der Waals surface area contributed by atoms with Gasteiger partial charge in [-0.3, -0.25) is 5.10 Å². The molecule has 0 aliphatic carbocycles. The average Bonchev–Trinajstić information content (AvgIpc) is 3.17. The maximum absolute atomic E-state index is 13.4. The Kier molecular flexibility index (Phi) is 5.55. The highest BCUT2D eigenvalue weighted by molar-refractivity contribution is 5.60. The van der Waals surface area contributed by atoms with Gasteiger partial charge in [0.25, 0.3) is 0 Å². The number of rotatable bonds is 4. The van der Waals surface area contributed by atoms with Gasteiger partial charge in [-0.05, 0) is 24.3 Å². The highest BCUT2D eigenvalue weighted by Crippen LogP contribution is 2.31. The topological polar surface area (TPSA) is 54.0 Å². The Balaban J connectivity index is 1.39. The molecule has 31 heavy (non-hydrogen) atoms. The Bertz CT molecular complexity index is 1030. The minimum absolute atomic E-state index is 0.0459. The van der Waals surface area contributed by atoms with Crippen LogP contribution in [0.2, 0.25) is 0 Å². The molecule has 1 aliphatic rings. The van der Waals surface area contributed by atoms with Gasteiger partial charge in [0, 0.05) is 49.3 Å². The predicted octanol–water partition coefficient (Wildman–Crippen LogP) is 5.06. The monoisotopic (exact) mass is 438 g/mol.